The number of fused-ring (bicyclic) bond motifs is 4. The van der Waals surface area contributed by atoms with Gasteiger partial charge in [0.25, 0.3) is 0 Å². The lowest BCUT2D eigenvalue weighted by Gasteiger charge is -2.35. The molecular weight excluding hydrogens is 472 g/mol. The Hall–Kier alpha value is -2.76. The molecule has 2 N–H and O–H groups in total. The summed E-state index contributed by atoms with van der Waals surface area (Å²) in [6, 6.07) is 4.69. The van der Waals surface area contributed by atoms with Crippen molar-refractivity contribution in [1.82, 2.24) is 24.2 Å². The number of rotatable bonds is 3. The number of nitrogens with one attached hydrogen (secondary N) is 2. The second-order valence-corrected chi connectivity index (χ2v) is 12.3. The molecule has 1 aromatic carbocycles. The van der Waals surface area contributed by atoms with E-state index in [2.05, 4.69) is 21.8 Å². The van der Waals surface area contributed by atoms with E-state index in [-0.39, 0.29) is 10.6 Å². The molecule has 178 valence electrons. The highest BCUT2D eigenvalue weighted by Gasteiger charge is 2.31. The molecule has 3 aromatic heterocycles. The number of benzene rings is 1. The molecule has 0 saturated carbocycles. The van der Waals surface area contributed by atoms with Crippen molar-refractivity contribution in [3.63, 3.8) is 0 Å². The first-order valence-corrected chi connectivity index (χ1v) is 13.8. The van der Waals surface area contributed by atoms with Crippen molar-refractivity contribution >= 4 is 48.4 Å². The number of H-pyrrole nitrogens is 2. The van der Waals surface area contributed by atoms with Crippen LogP contribution in [0.2, 0.25) is 0 Å². The van der Waals surface area contributed by atoms with Crippen molar-refractivity contribution < 1.29 is 8.42 Å². The molecule has 4 heterocycles. The maximum absolute atomic E-state index is 13.3. The maximum atomic E-state index is 13.3. The van der Waals surface area contributed by atoms with Gasteiger partial charge in [-0.2, -0.15) is 4.31 Å². The number of aromatic amines is 2. The summed E-state index contributed by atoms with van der Waals surface area (Å²) in [6.07, 6.45) is 3.32. The second kappa shape index (κ2) is 7.89. The summed E-state index contributed by atoms with van der Waals surface area (Å²) in [6.45, 7) is 6.10. The van der Waals surface area contributed by atoms with E-state index in [0.29, 0.717) is 43.1 Å². The van der Waals surface area contributed by atoms with Crippen LogP contribution >= 0.6 is 11.3 Å². The molecular formula is C23H26N6O3S2. The van der Waals surface area contributed by atoms with Gasteiger partial charge < -0.3 is 14.9 Å². The zero-order valence-electron chi connectivity index (χ0n) is 19.1. The van der Waals surface area contributed by atoms with Crippen LogP contribution in [0.3, 0.4) is 0 Å². The first-order chi connectivity index (χ1) is 16.3. The third-order valence-electron chi connectivity index (χ3n) is 6.91. The van der Waals surface area contributed by atoms with Gasteiger partial charge >= 0.3 is 5.69 Å². The normalized spacial score (nSPS) is 19.7. The van der Waals surface area contributed by atoms with Crippen LogP contribution in [0.25, 0.3) is 21.3 Å². The zero-order chi connectivity index (χ0) is 23.6. The molecule has 34 heavy (non-hydrogen) atoms. The molecule has 1 fully saturated rings. The Morgan fingerprint density at radius 1 is 1.09 bits per heavy atom. The monoisotopic (exact) mass is 498 g/mol. The molecule has 1 unspecified atom stereocenters. The first kappa shape index (κ1) is 21.8. The van der Waals surface area contributed by atoms with Crippen LogP contribution in [0.5, 0.6) is 0 Å². The number of thiophene rings is 1. The second-order valence-electron chi connectivity index (χ2n) is 9.30. The maximum Gasteiger partial charge on any atom is 0.323 e. The average Bonchev–Trinajstić information content (AvgIpc) is 3.36. The number of aryl methyl sites for hydroxylation is 2. The van der Waals surface area contributed by atoms with Gasteiger partial charge in [-0.05, 0) is 55.9 Å². The van der Waals surface area contributed by atoms with E-state index >= 15 is 0 Å². The zero-order valence-corrected chi connectivity index (χ0v) is 20.7. The van der Waals surface area contributed by atoms with Gasteiger partial charge in [0.15, 0.2) is 0 Å². The van der Waals surface area contributed by atoms with E-state index in [1.54, 1.807) is 23.5 Å². The van der Waals surface area contributed by atoms with Crippen molar-refractivity contribution in [2.75, 3.05) is 31.1 Å². The summed E-state index contributed by atoms with van der Waals surface area (Å²) in [5.74, 6) is 2.38. The number of imidazole rings is 1. The Balaban J connectivity index is 1.28. The Labute approximate surface area is 200 Å². The molecule has 1 aliphatic carbocycles. The number of nitrogens with zero attached hydrogens (tertiary/aromatic N) is 4. The van der Waals surface area contributed by atoms with Crippen LogP contribution in [0.4, 0.5) is 5.82 Å². The molecule has 4 aromatic rings. The predicted octanol–water partition coefficient (Wildman–Crippen LogP) is 2.81. The summed E-state index contributed by atoms with van der Waals surface area (Å²) in [7, 11) is -3.67. The highest BCUT2D eigenvalue weighted by atomic mass is 32.2. The molecule has 0 amide bonds. The fourth-order valence-corrected chi connectivity index (χ4v) is 7.99. The van der Waals surface area contributed by atoms with Crippen LogP contribution in [0.15, 0.2) is 27.9 Å². The number of hydrogen-bond donors (Lipinski definition) is 2. The molecule has 0 bridgehead atoms. The van der Waals surface area contributed by atoms with Crippen LogP contribution in [0, 0.1) is 12.8 Å². The lowest BCUT2D eigenvalue weighted by molar-refractivity contribution is 0.384. The number of sulfonamides is 1. The summed E-state index contributed by atoms with van der Waals surface area (Å²) in [4.78, 5) is 31.2. The lowest BCUT2D eigenvalue weighted by Crippen LogP contribution is -2.49. The number of hydrogen-bond acceptors (Lipinski definition) is 7. The summed E-state index contributed by atoms with van der Waals surface area (Å²) < 4.78 is 28.1. The molecule has 0 radical (unpaired) electrons. The summed E-state index contributed by atoms with van der Waals surface area (Å²) in [5.41, 5.74) is 2.11. The van der Waals surface area contributed by atoms with Gasteiger partial charge in [0, 0.05) is 31.1 Å². The van der Waals surface area contributed by atoms with Gasteiger partial charge in [0.1, 0.15) is 16.5 Å². The van der Waals surface area contributed by atoms with Crippen LogP contribution < -0.4 is 10.6 Å². The third kappa shape index (κ3) is 3.53. The van der Waals surface area contributed by atoms with Gasteiger partial charge in [-0.25, -0.2) is 23.2 Å². The molecule has 9 nitrogen and oxygen atoms in total. The topological polar surface area (TPSA) is 115 Å². The van der Waals surface area contributed by atoms with E-state index in [9.17, 15) is 13.2 Å². The lowest BCUT2D eigenvalue weighted by atomic mass is 9.89. The SMILES string of the molecule is Cc1nc(N2CCN(S(=O)(=O)c3ccc4[nH]c(=O)[nH]c4c3)CC2)c2c3c(sc2n1)CC(C)CC3. The fourth-order valence-electron chi connectivity index (χ4n) is 5.12. The molecule has 0 spiro atoms. The quantitative estimate of drug-likeness (QED) is 0.449. The van der Waals surface area contributed by atoms with Gasteiger partial charge in [-0.1, -0.05) is 6.92 Å². The predicted molar refractivity (Wildman–Crippen MR) is 133 cm³/mol. The highest BCUT2D eigenvalue weighted by molar-refractivity contribution is 7.89. The van der Waals surface area contributed by atoms with Crippen LogP contribution in [-0.2, 0) is 22.9 Å². The Morgan fingerprint density at radius 2 is 1.85 bits per heavy atom. The van der Waals surface area contributed by atoms with Crippen molar-refractivity contribution in [2.45, 2.75) is 38.0 Å². The first-order valence-electron chi connectivity index (χ1n) is 11.6. The van der Waals surface area contributed by atoms with E-state index in [0.717, 1.165) is 34.7 Å². The molecule has 11 heteroatoms. The van der Waals surface area contributed by atoms with Crippen molar-refractivity contribution in [3.05, 3.63) is 44.9 Å². The standard InChI is InChI=1S/C23H26N6O3S2/c1-13-3-5-16-19(11-13)33-22-20(16)21(24-14(2)25-22)28-7-9-29(10-8-28)34(31,32)15-4-6-17-18(12-15)27-23(30)26-17/h4,6,12-13H,3,5,7-11H2,1-2H3,(H2,26,27,30). The van der Waals surface area contributed by atoms with Gasteiger partial charge in [0.05, 0.1) is 21.3 Å². The molecule has 1 aliphatic heterocycles. The molecule has 1 saturated heterocycles. The highest BCUT2D eigenvalue weighted by Crippen LogP contribution is 2.41. The van der Waals surface area contributed by atoms with Crippen LogP contribution in [0.1, 0.15) is 29.6 Å². The Bertz CT molecular complexity index is 1580. The minimum Gasteiger partial charge on any atom is -0.353 e. The molecule has 1 atom stereocenters. The minimum absolute atomic E-state index is 0.185. The van der Waals surface area contributed by atoms with Gasteiger partial charge in [-0.3, -0.25) is 0 Å². The van der Waals surface area contributed by atoms with E-state index < -0.39 is 10.0 Å². The van der Waals surface area contributed by atoms with E-state index in [1.165, 1.54) is 27.2 Å². The van der Waals surface area contributed by atoms with E-state index in [1.807, 2.05) is 6.92 Å². The minimum atomic E-state index is -3.67. The summed E-state index contributed by atoms with van der Waals surface area (Å²) >= 11 is 1.79. The Morgan fingerprint density at radius 3 is 2.65 bits per heavy atom. The number of aromatic nitrogens is 4. The van der Waals surface area contributed by atoms with Crippen molar-refractivity contribution in [1.29, 1.82) is 0 Å². The third-order valence-corrected chi connectivity index (χ3v) is 9.95. The number of piperazine rings is 1. The fraction of sp³-hybridized carbons (Fsp3) is 0.435. The molecule has 2 aliphatic rings. The van der Waals surface area contributed by atoms with Gasteiger partial charge in [-0.15, -0.1) is 11.3 Å². The van der Waals surface area contributed by atoms with Crippen LogP contribution in [-0.4, -0.2) is 58.8 Å². The molecule has 6 rings (SSSR count). The van der Waals surface area contributed by atoms with Crippen molar-refractivity contribution in [3.8, 4) is 0 Å². The summed E-state index contributed by atoms with van der Waals surface area (Å²) in [5, 5.41) is 1.16. The van der Waals surface area contributed by atoms with E-state index in [4.69, 9.17) is 9.97 Å². The van der Waals surface area contributed by atoms with Crippen molar-refractivity contribution in [2.24, 2.45) is 5.92 Å². The van der Waals surface area contributed by atoms with Gasteiger partial charge in [0.2, 0.25) is 10.0 Å². The Kier molecular flexibility index (Phi) is 5.05. The number of anilines is 1. The smallest absolute Gasteiger partial charge is 0.323 e. The largest absolute Gasteiger partial charge is 0.353 e. The average molecular weight is 499 g/mol.